The second kappa shape index (κ2) is 7.29. The molecule has 0 bridgehead atoms. The highest BCUT2D eigenvalue weighted by Crippen LogP contribution is 2.60. The molecule has 0 aromatic heterocycles. The molecule has 155 valence electrons. The minimum Gasteiger partial charge on any atom is -0.221 e. The third kappa shape index (κ3) is 3.73. The van der Waals surface area contributed by atoms with Crippen molar-refractivity contribution in [1.82, 2.24) is 0 Å². The molecular formula is C17H5Cl2F9N. The number of nitriles is 1. The van der Waals surface area contributed by atoms with Gasteiger partial charge >= 0.3 is 23.9 Å². The molecule has 1 radical (unpaired) electrons. The standard InChI is InChI=1S/C17H5Cl2F9N/c18-10-5-11(14(20,16(23,24)25)15(21,22)17(26,27)28)13(12(19)6-10)9-3-1-8(7-29)2-4-9/h1-5H. The average Bonchev–Trinajstić information content (AvgIpc) is 2.58. The maximum Gasteiger partial charge on any atom is 0.457 e. The smallest absolute Gasteiger partial charge is 0.221 e. The van der Waals surface area contributed by atoms with Gasteiger partial charge in [-0.15, -0.1) is 0 Å². The van der Waals surface area contributed by atoms with Gasteiger partial charge in [-0.1, -0.05) is 35.3 Å². The Morgan fingerprint density at radius 2 is 1.34 bits per heavy atom. The summed E-state index contributed by atoms with van der Waals surface area (Å²) in [4.78, 5) is 0. The number of alkyl halides is 9. The Morgan fingerprint density at radius 3 is 1.76 bits per heavy atom. The molecule has 0 saturated heterocycles. The average molecular weight is 465 g/mol. The van der Waals surface area contributed by atoms with Crippen LogP contribution in [0.2, 0.25) is 10.0 Å². The first-order chi connectivity index (χ1) is 13.1. The fourth-order valence-corrected chi connectivity index (χ4v) is 3.05. The molecule has 1 unspecified atom stereocenters. The van der Waals surface area contributed by atoms with Crippen LogP contribution in [-0.2, 0) is 5.67 Å². The number of rotatable bonds is 3. The van der Waals surface area contributed by atoms with Crippen LogP contribution in [0, 0.1) is 17.4 Å². The Hall–Kier alpha value is -2.12. The van der Waals surface area contributed by atoms with Crippen molar-refractivity contribution < 1.29 is 39.5 Å². The van der Waals surface area contributed by atoms with E-state index in [-0.39, 0.29) is 11.6 Å². The Kier molecular flexibility index (Phi) is 5.82. The van der Waals surface area contributed by atoms with Crippen LogP contribution in [0.3, 0.4) is 0 Å². The lowest BCUT2D eigenvalue weighted by atomic mass is 9.82. The van der Waals surface area contributed by atoms with E-state index in [0.717, 1.165) is 24.3 Å². The van der Waals surface area contributed by atoms with Gasteiger partial charge in [-0.2, -0.15) is 40.4 Å². The van der Waals surface area contributed by atoms with Crippen LogP contribution in [0.25, 0.3) is 11.1 Å². The summed E-state index contributed by atoms with van der Waals surface area (Å²) in [7, 11) is 0. The van der Waals surface area contributed by atoms with Crippen LogP contribution in [0.1, 0.15) is 11.1 Å². The van der Waals surface area contributed by atoms with E-state index < -0.39 is 50.7 Å². The largest absolute Gasteiger partial charge is 0.457 e. The molecule has 2 aromatic rings. The van der Waals surface area contributed by atoms with Gasteiger partial charge in [0, 0.05) is 17.2 Å². The van der Waals surface area contributed by atoms with Crippen LogP contribution in [0.5, 0.6) is 0 Å². The molecule has 0 spiro atoms. The number of hydrogen-bond donors (Lipinski definition) is 0. The van der Waals surface area contributed by atoms with Gasteiger partial charge in [-0.05, 0) is 23.8 Å². The molecule has 0 heterocycles. The first kappa shape index (κ1) is 23.2. The molecule has 0 N–H and O–H groups in total. The maximum absolute atomic E-state index is 15.0. The third-order valence-corrected chi connectivity index (χ3v) is 4.33. The summed E-state index contributed by atoms with van der Waals surface area (Å²) >= 11 is 11.1. The van der Waals surface area contributed by atoms with Crippen molar-refractivity contribution in [3.63, 3.8) is 0 Å². The van der Waals surface area contributed by atoms with Crippen LogP contribution >= 0.6 is 23.2 Å². The van der Waals surface area contributed by atoms with Crippen LogP contribution in [-0.4, -0.2) is 18.3 Å². The summed E-state index contributed by atoms with van der Waals surface area (Å²) in [5.74, 6) is -6.90. The van der Waals surface area contributed by atoms with Gasteiger partial charge in [-0.25, -0.2) is 4.39 Å². The third-order valence-electron chi connectivity index (χ3n) is 3.84. The van der Waals surface area contributed by atoms with Crippen molar-refractivity contribution in [2.75, 3.05) is 0 Å². The summed E-state index contributed by atoms with van der Waals surface area (Å²) < 4.78 is 121. The normalized spacial score (nSPS) is 15.0. The summed E-state index contributed by atoms with van der Waals surface area (Å²) in [5, 5.41) is 6.89. The summed E-state index contributed by atoms with van der Waals surface area (Å²) in [6.45, 7) is 0. The molecule has 2 rings (SSSR count). The van der Waals surface area contributed by atoms with Gasteiger partial charge in [0.05, 0.1) is 21.7 Å². The van der Waals surface area contributed by atoms with Crippen LogP contribution < -0.4 is 0 Å². The fourth-order valence-electron chi connectivity index (χ4n) is 2.48. The number of halogens is 11. The van der Waals surface area contributed by atoms with E-state index in [1.54, 1.807) is 6.07 Å². The topological polar surface area (TPSA) is 23.8 Å². The quantitative estimate of drug-likeness (QED) is 0.438. The molecule has 0 fully saturated rings. The monoisotopic (exact) mass is 464 g/mol. The maximum atomic E-state index is 15.0. The van der Waals surface area contributed by atoms with E-state index in [4.69, 9.17) is 28.5 Å². The SMILES string of the molecule is N#Cc1ccc(-c2c(Cl)[c]c(Cl)cc2C(F)(C(F)(F)F)C(F)(F)C(F)(F)F)cc1. The van der Waals surface area contributed by atoms with Crippen molar-refractivity contribution >= 4 is 23.2 Å². The van der Waals surface area contributed by atoms with Crippen LogP contribution in [0.15, 0.2) is 30.3 Å². The second-order valence-corrected chi connectivity index (χ2v) is 6.42. The zero-order valence-electron chi connectivity index (χ0n) is 13.5. The fraction of sp³-hybridized carbons (Fsp3) is 0.235. The molecule has 0 aliphatic heterocycles. The van der Waals surface area contributed by atoms with Crippen molar-refractivity contribution in [3.8, 4) is 17.2 Å². The van der Waals surface area contributed by atoms with Gasteiger partial charge in [0.1, 0.15) is 0 Å². The van der Waals surface area contributed by atoms with Crippen molar-refractivity contribution in [2.45, 2.75) is 23.9 Å². The number of nitrogens with zero attached hydrogens (tertiary/aromatic N) is 1. The van der Waals surface area contributed by atoms with Gasteiger partial charge < -0.3 is 0 Å². The number of hydrogen-bond acceptors (Lipinski definition) is 1. The Balaban J connectivity index is 2.98. The summed E-state index contributed by atoms with van der Waals surface area (Å²) in [6, 6.07) is 7.46. The van der Waals surface area contributed by atoms with E-state index >= 15 is 0 Å². The molecule has 29 heavy (non-hydrogen) atoms. The molecule has 0 aliphatic rings. The molecule has 1 nitrogen and oxygen atoms in total. The van der Waals surface area contributed by atoms with E-state index in [1.165, 1.54) is 0 Å². The lowest BCUT2D eigenvalue weighted by Gasteiger charge is -2.37. The van der Waals surface area contributed by atoms with E-state index in [2.05, 4.69) is 0 Å². The van der Waals surface area contributed by atoms with Crippen molar-refractivity contribution in [1.29, 1.82) is 5.26 Å². The van der Waals surface area contributed by atoms with Crippen LogP contribution in [0.4, 0.5) is 39.5 Å². The van der Waals surface area contributed by atoms with E-state index in [0.29, 0.717) is 0 Å². The Labute approximate surface area is 167 Å². The molecule has 2 aromatic carbocycles. The zero-order valence-corrected chi connectivity index (χ0v) is 15.0. The first-order valence-electron chi connectivity index (χ1n) is 7.20. The summed E-state index contributed by atoms with van der Waals surface area (Å²) in [6.07, 6.45) is -13.6. The Morgan fingerprint density at radius 1 is 0.828 bits per heavy atom. The number of benzene rings is 2. The van der Waals surface area contributed by atoms with Crippen molar-refractivity contribution in [3.05, 3.63) is 57.6 Å². The lowest BCUT2D eigenvalue weighted by Crippen LogP contribution is -2.60. The molecule has 1 atom stereocenters. The summed E-state index contributed by atoms with van der Waals surface area (Å²) in [5.41, 5.74) is -10.0. The zero-order chi connectivity index (χ0) is 22.4. The van der Waals surface area contributed by atoms with Gasteiger partial charge in [-0.3, -0.25) is 0 Å². The highest BCUT2D eigenvalue weighted by atomic mass is 35.5. The minimum absolute atomic E-state index is 0.0210. The first-order valence-corrected chi connectivity index (χ1v) is 7.96. The van der Waals surface area contributed by atoms with E-state index in [9.17, 15) is 39.5 Å². The Bertz CT molecular complexity index is 959. The molecule has 12 heteroatoms. The second-order valence-electron chi connectivity index (χ2n) is 5.64. The van der Waals surface area contributed by atoms with Crippen molar-refractivity contribution in [2.24, 2.45) is 0 Å². The highest BCUT2D eigenvalue weighted by Gasteiger charge is 2.82. The van der Waals surface area contributed by atoms with Gasteiger partial charge in [0.2, 0.25) is 0 Å². The molecule has 0 saturated carbocycles. The van der Waals surface area contributed by atoms with E-state index in [1.807, 2.05) is 6.07 Å². The molecule has 0 amide bonds. The lowest BCUT2D eigenvalue weighted by molar-refractivity contribution is -0.389. The highest BCUT2D eigenvalue weighted by molar-refractivity contribution is 6.36. The van der Waals surface area contributed by atoms with Gasteiger partial charge in [0.15, 0.2) is 0 Å². The molecular weight excluding hydrogens is 460 g/mol. The minimum atomic E-state index is -6.91. The van der Waals surface area contributed by atoms with Gasteiger partial charge in [0.25, 0.3) is 0 Å². The predicted octanol–water partition coefficient (Wildman–Crippen LogP) is 7.26. The molecule has 0 aliphatic carbocycles. The predicted molar refractivity (Wildman–Crippen MR) is 85.3 cm³/mol.